The zero-order valence-corrected chi connectivity index (χ0v) is 15.8. The summed E-state index contributed by atoms with van der Waals surface area (Å²) < 4.78 is 13.1. The Labute approximate surface area is 142 Å². The molecule has 3 fully saturated rings. The van der Waals surface area contributed by atoms with Crippen molar-refractivity contribution in [2.45, 2.75) is 56.0 Å². The van der Waals surface area contributed by atoms with Gasteiger partial charge < -0.3 is 19.5 Å². The van der Waals surface area contributed by atoms with Gasteiger partial charge in [-0.1, -0.05) is 6.42 Å². The van der Waals surface area contributed by atoms with Gasteiger partial charge in [-0.3, -0.25) is 4.90 Å². The van der Waals surface area contributed by atoms with Crippen molar-refractivity contribution < 1.29 is 8.85 Å². The second-order valence-corrected chi connectivity index (χ2v) is 11.2. The monoisotopic (exact) mass is 341 g/mol. The van der Waals surface area contributed by atoms with Crippen molar-refractivity contribution in [3.8, 4) is 0 Å². The predicted octanol–water partition coefficient (Wildman–Crippen LogP) is 2.04. The topological polar surface area (TPSA) is 45.8 Å². The Hall–Kier alpha value is 0.0169. The van der Waals surface area contributed by atoms with Gasteiger partial charge in [-0.2, -0.15) is 0 Å². The highest BCUT2D eigenvalue weighted by molar-refractivity contribution is 6.70. The van der Waals surface area contributed by atoms with E-state index < -0.39 is 8.56 Å². The summed E-state index contributed by atoms with van der Waals surface area (Å²) in [5, 5.41) is 7.18. The zero-order chi connectivity index (χ0) is 16.0. The Kier molecular flexibility index (Phi) is 6.91. The van der Waals surface area contributed by atoms with Crippen LogP contribution in [0, 0.1) is 0 Å². The second kappa shape index (κ2) is 8.92. The largest absolute Gasteiger partial charge is 0.397 e. The molecule has 3 rings (SSSR count). The first kappa shape index (κ1) is 17.8. The van der Waals surface area contributed by atoms with Crippen LogP contribution in [0.4, 0.5) is 0 Å². The molecular weight excluding hydrogens is 306 g/mol. The average molecular weight is 342 g/mol. The molecule has 0 saturated carbocycles. The normalized spacial score (nSPS) is 33.3. The van der Waals surface area contributed by atoms with Crippen molar-refractivity contribution >= 4 is 8.56 Å². The van der Waals surface area contributed by atoms with Gasteiger partial charge in [-0.15, -0.1) is 0 Å². The zero-order valence-electron chi connectivity index (χ0n) is 14.8. The van der Waals surface area contributed by atoms with E-state index in [9.17, 15) is 0 Å². The van der Waals surface area contributed by atoms with E-state index in [0.29, 0.717) is 11.1 Å². The highest BCUT2D eigenvalue weighted by Gasteiger charge is 2.52. The molecule has 2 atom stereocenters. The third-order valence-corrected chi connectivity index (χ3v) is 10.5. The van der Waals surface area contributed by atoms with Gasteiger partial charge in [0.15, 0.2) is 0 Å². The van der Waals surface area contributed by atoms with E-state index in [1.54, 1.807) is 0 Å². The van der Waals surface area contributed by atoms with Crippen molar-refractivity contribution in [3.63, 3.8) is 0 Å². The first-order valence-corrected chi connectivity index (χ1v) is 11.6. The van der Waals surface area contributed by atoms with Crippen molar-refractivity contribution in [2.75, 3.05) is 53.1 Å². The summed E-state index contributed by atoms with van der Waals surface area (Å²) in [7, 11) is -0.296. The molecular formula is C17H35N3O2Si. The molecule has 5 nitrogen and oxygen atoms in total. The molecule has 0 bridgehead atoms. The van der Waals surface area contributed by atoms with E-state index >= 15 is 0 Å². The molecule has 0 amide bonds. The average Bonchev–Trinajstić information content (AvgIpc) is 2.65. The Morgan fingerprint density at radius 3 is 2.00 bits per heavy atom. The van der Waals surface area contributed by atoms with Crippen LogP contribution in [0.25, 0.3) is 0 Å². The summed E-state index contributed by atoms with van der Waals surface area (Å²) in [6.07, 6.45) is 9.07. The molecule has 0 aromatic heterocycles. The van der Waals surface area contributed by atoms with E-state index in [2.05, 4.69) is 15.5 Å². The fraction of sp³-hybridized carbons (Fsp3) is 1.00. The van der Waals surface area contributed by atoms with Crippen LogP contribution in [0.1, 0.15) is 44.9 Å². The van der Waals surface area contributed by atoms with E-state index in [4.69, 9.17) is 8.85 Å². The molecule has 3 saturated heterocycles. The van der Waals surface area contributed by atoms with E-state index in [-0.39, 0.29) is 0 Å². The Morgan fingerprint density at radius 2 is 1.52 bits per heavy atom. The number of hydrogen-bond acceptors (Lipinski definition) is 5. The minimum absolute atomic E-state index is 0.593. The lowest BCUT2D eigenvalue weighted by Crippen LogP contribution is -2.58. The number of nitrogens with zero attached hydrogens (tertiary/aromatic N) is 1. The van der Waals surface area contributed by atoms with Gasteiger partial charge in [-0.25, -0.2) is 0 Å². The Morgan fingerprint density at radius 1 is 0.913 bits per heavy atom. The van der Waals surface area contributed by atoms with Gasteiger partial charge in [0.05, 0.1) is 6.73 Å². The van der Waals surface area contributed by atoms with Gasteiger partial charge >= 0.3 is 8.56 Å². The minimum Gasteiger partial charge on any atom is -0.397 e. The number of likely N-dealkylation sites (tertiary alicyclic amines) is 1. The molecule has 2 unspecified atom stereocenters. The van der Waals surface area contributed by atoms with E-state index in [0.717, 1.165) is 32.9 Å². The van der Waals surface area contributed by atoms with Crippen molar-refractivity contribution in [3.05, 3.63) is 0 Å². The third-order valence-electron chi connectivity index (χ3n) is 5.97. The summed E-state index contributed by atoms with van der Waals surface area (Å²) in [6, 6.07) is 0. The quantitative estimate of drug-likeness (QED) is 0.724. The molecule has 0 aliphatic carbocycles. The highest BCUT2D eigenvalue weighted by Crippen LogP contribution is 2.41. The molecule has 0 spiro atoms. The van der Waals surface area contributed by atoms with Gasteiger partial charge in [-0.05, 0) is 64.7 Å². The highest BCUT2D eigenvalue weighted by atomic mass is 28.4. The molecule has 3 heterocycles. The summed E-state index contributed by atoms with van der Waals surface area (Å²) in [6.45, 7) is 7.64. The van der Waals surface area contributed by atoms with Crippen LogP contribution < -0.4 is 10.6 Å². The lowest BCUT2D eigenvalue weighted by molar-refractivity contribution is 0.0609. The number of nitrogens with one attached hydrogen (secondary N) is 2. The van der Waals surface area contributed by atoms with E-state index in [1.165, 1.54) is 58.0 Å². The smallest absolute Gasteiger partial charge is 0.347 e. The summed E-state index contributed by atoms with van der Waals surface area (Å²) in [4.78, 5) is 2.50. The first-order valence-electron chi connectivity index (χ1n) is 9.68. The van der Waals surface area contributed by atoms with Gasteiger partial charge in [0.25, 0.3) is 0 Å². The van der Waals surface area contributed by atoms with Crippen LogP contribution >= 0.6 is 0 Å². The lowest BCUT2D eigenvalue weighted by Gasteiger charge is -2.45. The second-order valence-electron chi connectivity index (χ2n) is 7.46. The third kappa shape index (κ3) is 4.35. The van der Waals surface area contributed by atoms with E-state index in [1.807, 2.05) is 7.11 Å². The lowest BCUT2D eigenvalue weighted by atomic mass is 10.1. The molecule has 2 N–H and O–H groups in total. The first-order chi connectivity index (χ1) is 11.3. The molecule has 134 valence electrons. The SMILES string of the molecule is CO[Si](OCN1CCCCC1)(C1CCCNC1)C1CCCNC1. The van der Waals surface area contributed by atoms with Crippen LogP contribution in [0.2, 0.25) is 11.1 Å². The molecule has 0 aromatic rings. The minimum atomic E-state index is -2.22. The van der Waals surface area contributed by atoms with Crippen molar-refractivity contribution in [1.82, 2.24) is 15.5 Å². The van der Waals surface area contributed by atoms with Crippen molar-refractivity contribution in [1.29, 1.82) is 0 Å². The van der Waals surface area contributed by atoms with Crippen LogP contribution in [-0.4, -0.2) is 66.6 Å². The fourth-order valence-corrected chi connectivity index (χ4v) is 9.01. The van der Waals surface area contributed by atoms with Crippen LogP contribution in [0.15, 0.2) is 0 Å². The molecule has 6 heteroatoms. The van der Waals surface area contributed by atoms with Crippen LogP contribution in [0.5, 0.6) is 0 Å². The standard InChI is InChI=1S/C17H35N3O2Si/c1-21-23(16-7-5-9-18-13-16,17-8-6-10-19-14-17)22-15-20-11-3-2-4-12-20/h16-19H,2-15H2,1H3. The number of hydrogen-bond donors (Lipinski definition) is 2. The summed E-state index contributed by atoms with van der Waals surface area (Å²) in [5.74, 6) is 0. The van der Waals surface area contributed by atoms with Crippen LogP contribution in [0.3, 0.4) is 0 Å². The predicted molar refractivity (Wildman–Crippen MR) is 95.8 cm³/mol. The summed E-state index contributed by atoms with van der Waals surface area (Å²) in [5.41, 5.74) is 1.19. The maximum Gasteiger partial charge on any atom is 0.347 e. The Bertz CT molecular complexity index is 323. The van der Waals surface area contributed by atoms with Gasteiger partial charge in [0.1, 0.15) is 0 Å². The van der Waals surface area contributed by atoms with Crippen LogP contribution in [-0.2, 0) is 8.85 Å². The van der Waals surface area contributed by atoms with Gasteiger partial charge in [0, 0.05) is 31.3 Å². The number of piperidine rings is 3. The molecule has 3 aliphatic rings. The summed E-state index contributed by atoms with van der Waals surface area (Å²) >= 11 is 0. The fourth-order valence-electron chi connectivity index (χ4n) is 4.63. The Balaban J connectivity index is 1.69. The number of rotatable bonds is 6. The maximum absolute atomic E-state index is 6.76. The maximum atomic E-state index is 6.76. The molecule has 0 radical (unpaired) electrons. The van der Waals surface area contributed by atoms with Gasteiger partial charge in [0.2, 0.25) is 0 Å². The molecule has 3 aliphatic heterocycles. The molecule has 23 heavy (non-hydrogen) atoms. The molecule has 0 aromatic carbocycles. The van der Waals surface area contributed by atoms with Crippen molar-refractivity contribution in [2.24, 2.45) is 0 Å².